The molecule has 0 bridgehead atoms. The Morgan fingerprint density at radius 1 is 1.11 bits per heavy atom. The molecule has 0 saturated heterocycles. The highest BCUT2D eigenvalue weighted by atomic mass is 32.1. The van der Waals surface area contributed by atoms with Crippen molar-refractivity contribution in [1.82, 2.24) is 4.98 Å². The van der Waals surface area contributed by atoms with Crippen molar-refractivity contribution in [3.8, 4) is 17.0 Å². The molecular formula is C19H18N4O3S. The highest BCUT2D eigenvalue weighted by Gasteiger charge is 2.14. The van der Waals surface area contributed by atoms with E-state index in [9.17, 15) is 9.59 Å². The molecule has 0 spiro atoms. The van der Waals surface area contributed by atoms with E-state index in [1.165, 1.54) is 11.3 Å². The van der Waals surface area contributed by atoms with Gasteiger partial charge in [0.05, 0.1) is 12.8 Å². The number of nitrogens with one attached hydrogen (secondary N) is 2. The van der Waals surface area contributed by atoms with Gasteiger partial charge in [0.15, 0.2) is 5.13 Å². The Balaban J connectivity index is 1.78. The normalized spacial score (nSPS) is 10.3. The van der Waals surface area contributed by atoms with Gasteiger partial charge in [-0.25, -0.2) is 9.78 Å². The van der Waals surface area contributed by atoms with Crippen LogP contribution in [0.2, 0.25) is 0 Å². The van der Waals surface area contributed by atoms with Gasteiger partial charge in [-0.3, -0.25) is 10.1 Å². The fourth-order valence-corrected chi connectivity index (χ4v) is 3.35. The zero-order valence-corrected chi connectivity index (χ0v) is 15.6. The molecule has 0 aliphatic heterocycles. The Bertz CT molecular complexity index is 983. The predicted molar refractivity (Wildman–Crippen MR) is 106 cm³/mol. The summed E-state index contributed by atoms with van der Waals surface area (Å²) in [6, 6.07) is 13.4. The second-order valence-electron chi connectivity index (χ2n) is 5.68. The number of methoxy groups -OCH3 is 1. The molecule has 27 heavy (non-hydrogen) atoms. The van der Waals surface area contributed by atoms with Gasteiger partial charge in [-0.15, -0.1) is 11.3 Å². The number of hydrogen-bond donors (Lipinski definition) is 3. The fourth-order valence-electron chi connectivity index (χ4n) is 2.52. The summed E-state index contributed by atoms with van der Waals surface area (Å²) in [5, 5.41) is 5.73. The molecule has 1 aromatic heterocycles. The molecule has 4 N–H and O–H groups in total. The van der Waals surface area contributed by atoms with Crippen LogP contribution in [0.1, 0.15) is 15.2 Å². The molecule has 3 aromatic rings. The number of benzene rings is 2. The highest BCUT2D eigenvalue weighted by Crippen LogP contribution is 2.31. The molecule has 0 saturated carbocycles. The minimum atomic E-state index is -0.688. The van der Waals surface area contributed by atoms with Gasteiger partial charge in [-0.2, -0.15) is 0 Å². The van der Waals surface area contributed by atoms with Crippen molar-refractivity contribution in [2.45, 2.75) is 6.92 Å². The number of nitrogens with zero attached hydrogens (tertiary/aromatic N) is 1. The van der Waals surface area contributed by atoms with Gasteiger partial charge in [-0.05, 0) is 49.4 Å². The summed E-state index contributed by atoms with van der Waals surface area (Å²) in [5.41, 5.74) is 7.69. The van der Waals surface area contributed by atoms with Crippen LogP contribution in [0.15, 0.2) is 48.5 Å². The number of aryl methyl sites for hydroxylation is 1. The van der Waals surface area contributed by atoms with Gasteiger partial charge in [0.2, 0.25) is 0 Å². The predicted octanol–water partition coefficient (Wildman–Crippen LogP) is 3.87. The van der Waals surface area contributed by atoms with Crippen LogP contribution >= 0.6 is 11.3 Å². The van der Waals surface area contributed by atoms with Crippen LogP contribution in [0.5, 0.6) is 5.75 Å². The quantitative estimate of drug-likeness (QED) is 0.623. The third-order valence-corrected chi connectivity index (χ3v) is 4.66. The van der Waals surface area contributed by atoms with Gasteiger partial charge >= 0.3 is 6.03 Å². The standard InChI is InChI=1S/C19H18N4O3S/c1-11-16(12-6-8-15(26-2)9-7-12)22-19(27-11)23-17(24)13-4-3-5-14(10-13)21-18(20)25/h3-10H,1-2H3,(H3,20,21,25)(H,22,23,24). The summed E-state index contributed by atoms with van der Waals surface area (Å²) in [7, 11) is 1.62. The SMILES string of the molecule is COc1ccc(-c2nc(NC(=O)c3cccc(NC(N)=O)c3)sc2C)cc1. The van der Waals surface area contributed by atoms with Crippen molar-refractivity contribution in [3.63, 3.8) is 0 Å². The average Bonchev–Trinajstić information content (AvgIpc) is 3.01. The lowest BCUT2D eigenvalue weighted by Gasteiger charge is -2.05. The Labute approximate surface area is 160 Å². The molecule has 3 amide bonds. The number of hydrogen-bond acceptors (Lipinski definition) is 5. The molecular weight excluding hydrogens is 364 g/mol. The van der Waals surface area contributed by atoms with Crippen molar-refractivity contribution in [2.75, 3.05) is 17.7 Å². The molecule has 0 fully saturated rings. The molecule has 7 nitrogen and oxygen atoms in total. The van der Waals surface area contributed by atoms with E-state index in [2.05, 4.69) is 15.6 Å². The second kappa shape index (κ2) is 7.88. The number of amides is 3. The first-order valence-electron chi connectivity index (χ1n) is 8.06. The number of rotatable bonds is 5. The van der Waals surface area contributed by atoms with Crippen LogP contribution in [0.3, 0.4) is 0 Å². The van der Waals surface area contributed by atoms with Gasteiger partial charge in [-0.1, -0.05) is 6.07 Å². The number of ether oxygens (including phenoxy) is 1. The molecule has 0 radical (unpaired) electrons. The number of urea groups is 1. The zero-order chi connectivity index (χ0) is 19.4. The minimum absolute atomic E-state index is 0.321. The summed E-state index contributed by atoms with van der Waals surface area (Å²) in [6.45, 7) is 1.95. The largest absolute Gasteiger partial charge is 0.497 e. The Hall–Kier alpha value is -3.39. The molecule has 1 heterocycles. The topological polar surface area (TPSA) is 106 Å². The summed E-state index contributed by atoms with van der Waals surface area (Å²) in [5.74, 6) is 0.447. The van der Waals surface area contributed by atoms with Gasteiger partial charge in [0.1, 0.15) is 5.75 Å². The first-order chi connectivity index (χ1) is 13.0. The van der Waals surface area contributed by atoms with Crippen LogP contribution in [0.25, 0.3) is 11.3 Å². The number of nitrogens with two attached hydrogens (primary N) is 1. The van der Waals surface area contributed by atoms with Crippen molar-refractivity contribution >= 4 is 34.1 Å². The Morgan fingerprint density at radius 3 is 2.52 bits per heavy atom. The van der Waals surface area contributed by atoms with E-state index in [0.717, 1.165) is 21.9 Å². The Kier molecular flexibility index (Phi) is 5.37. The monoisotopic (exact) mass is 382 g/mol. The number of carbonyl (C=O) groups is 2. The lowest BCUT2D eigenvalue weighted by atomic mass is 10.1. The lowest BCUT2D eigenvalue weighted by Crippen LogP contribution is -2.19. The van der Waals surface area contributed by atoms with Crippen molar-refractivity contribution in [2.24, 2.45) is 5.73 Å². The van der Waals surface area contributed by atoms with Gasteiger partial charge < -0.3 is 15.8 Å². The molecule has 3 rings (SSSR count). The molecule has 0 aliphatic carbocycles. The maximum Gasteiger partial charge on any atom is 0.316 e. The number of thiazole rings is 1. The maximum atomic E-state index is 12.5. The number of carbonyl (C=O) groups excluding carboxylic acids is 2. The molecule has 138 valence electrons. The Morgan fingerprint density at radius 2 is 1.85 bits per heavy atom. The van der Waals surface area contributed by atoms with E-state index in [0.29, 0.717) is 16.4 Å². The van der Waals surface area contributed by atoms with Crippen molar-refractivity contribution in [3.05, 3.63) is 59.0 Å². The molecule has 0 aliphatic rings. The highest BCUT2D eigenvalue weighted by molar-refractivity contribution is 7.16. The molecule has 0 unspecified atom stereocenters. The first-order valence-corrected chi connectivity index (χ1v) is 8.87. The maximum absolute atomic E-state index is 12.5. The van der Waals surface area contributed by atoms with Crippen molar-refractivity contribution < 1.29 is 14.3 Å². The fraction of sp³-hybridized carbons (Fsp3) is 0.105. The van der Waals surface area contributed by atoms with Crippen LogP contribution < -0.4 is 21.1 Å². The number of anilines is 2. The minimum Gasteiger partial charge on any atom is -0.497 e. The summed E-state index contributed by atoms with van der Waals surface area (Å²) < 4.78 is 5.17. The van der Waals surface area contributed by atoms with Crippen LogP contribution in [-0.2, 0) is 0 Å². The van der Waals surface area contributed by atoms with E-state index >= 15 is 0 Å². The van der Waals surface area contributed by atoms with Gasteiger partial charge in [0, 0.05) is 21.7 Å². The number of primary amides is 1. The van der Waals surface area contributed by atoms with E-state index in [1.54, 1.807) is 31.4 Å². The third-order valence-electron chi connectivity index (χ3n) is 3.77. The van der Waals surface area contributed by atoms with Crippen LogP contribution in [0, 0.1) is 6.92 Å². The number of aromatic nitrogens is 1. The second-order valence-corrected chi connectivity index (χ2v) is 6.88. The lowest BCUT2D eigenvalue weighted by molar-refractivity contribution is 0.102. The average molecular weight is 382 g/mol. The van der Waals surface area contributed by atoms with Gasteiger partial charge in [0.25, 0.3) is 5.91 Å². The summed E-state index contributed by atoms with van der Waals surface area (Å²) in [6.07, 6.45) is 0. The third kappa shape index (κ3) is 4.42. The first kappa shape index (κ1) is 18.4. The molecule has 8 heteroatoms. The van der Waals surface area contributed by atoms with E-state index < -0.39 is 6.03 Å². The smallest absolute Gasteiger partial charge is 0.316 e. The molecule has 0 atom stereocenters. The van der Waals surface area contributed by atoms with Crippen molar-refractivity contribution in [1.29, 1.82) is 0 Å². The summed E-state index contributed by atoms with van der Waals surface area (Å²) in [4.78, 5) is 29.0. The van der Waals surface area contributed by atoms with E-state index in [-0.39, 0.29) is 5.91 Å². The summed E-state index contributed by atoms with van der Waals surface area (Å²) >= 11 is 1.39. The van der Waals surface area contributed by atoms with E-state index in [4.69, 9.17) is 10.5 Å². The van der Waals surface area contributed by atoms with E-state index in [1.807, 2.05) is 31.2 Å². The molecule has 2 aromatic carbocycles. The van der Waals surface area contributed by atoms with Crippen LogP contribution in [0.4, 0.5) is 15.6 Å². The zero-order valence-electron chi connectivity index (χ0n) is 14.8. The van der Waals surface area contributed by atoms with Crippen LogP contribution in [-0.4, -0.2) is 24.0 Å².